The second-order valence-electron chi connectivity index (χ2n) is 4.17. The first-order chi connectivity index (χ1) is 8.72. The molecule has 1 fully saturated rings. The molecule has 2 heterocycles. The number of aromatic nitrogens is 2. The van der Waals surface area contributed by atoms with E-state index in [1.165, 1.54) is 0 Å². The molecular formula is C12H16ClN3O2. The van der Waals surface area contributed by atoms with Crippen LogP contribution >= 0.6 is 11.6 Å². The zero-order valence-corrected chi connectivity index (χ0v) is 11.1. The fraction of sp³-hybridized carbons (Fsp3) is 0.583. The van der Waals surface area contributed by atoms with Crippen molar-refractivity contribution >= 4 is 23.4 Å². The number of hydrogen-bond acceptors (Lipinski definition) is 5. The van der Waals surface area contributed by atoms with E-state index in [4.69, 9.17) is 16.3 Å². The Morgan fingerprint density at radius 1 is 1.50 bits per heavy atom. The Hall–Kier alpha value is -1.36. The van der Waals surface area contributed by atoms with Crippen LogP contribution in [0, 0.1) is 0 Å². The number of nitrogens with zero attached hydrogens (tertiary/aromatic N) is 3. The van der Waals surface area contributed by atoms with Gasteiger partial charge in [-0.3, -0.25) is 0 Å². The quantitative estimate of drug-likeness (QED) is 0.786. The summed E-state index contributed by atoms with van der Waals surface area (Å²) >= 11 is 5.72. The molecule has 0 saturated carbocycles. The maximum Gasteiger partial charge on any atom is 0.328 e. The van der Waals surface area contributed by atoms with E-state index in [1.807, 2.05) is 11.8 Å². The molecule has 18 heavy (non-hydrogen) atoms. The smallest absolute Gasteiger partial charge is 0.328 e. The summed E-state index contributed by atoms with van der Waals surface area (Å²) in [6.45, 7) is 3.00. The highest BCUT2D eigenvalue weighted by Gasteiger charge is 2.30. The number of halogens is 1. The molecule has 1 atom stereocenters. The molecule has 0 amide bonds. The van der Waals surface area contributed by atoms with E-state index in [0.717, 1.165) is 25.8 Å². The van der Waals surface area contributed by atoms with Gasteiger partial charge in [-0.05, 0) is 38.3 Å². The van der Waals surface area contributed by atoms with Crippen molar-refractivity contribution in [1.82, 2.24) is 10.2 Å². The Kier molecular flexibility index (Phi) is 4.36. The Morgan fingerprint density at radius 3 is 3.00 bits per heavy atom. The minimum absolute atomic E-state index is 0.186. The van der Waals surface area contributed by atoms with Crippen LogP contribution in [0.5, 0.6) is 0 Å². The maximum absolute atomic E-state index is 11.9. The molecule has 5 nitrogen and oxygen atoms in total. The minimum Gasteiger partial charge on any atom is -0.464 e. The highest BCUT2D eigenvalue weighted by Crippen LogP contribution is 2.24. The van der Waals surface area contributed by atoms with Crippen molar-refractivity contribution in [2.45, 2.75) is 32.2 Å². The first kappa shape index (κ1) is 13.1. The van der Waals surface area contributed by atoms with Gasteiger partial charge in [0.2, 0.25) is 0 Å². The summed E-state index contributed by atoms with van der Waals surface area (Å²) in [5.74, 6) is 0.492. The minimum atomic E-state index is -0.255. The molecule has 1 unspecified atom stereocenters. The second-order valence-corrected chi connectivity index (χ2v) is 4.56. The first-order valence-electron chi connectivity index (χ1n) is 6.15. The van der Waals surface area contributed by atoms with Gasteiger partial charge in [0.1, 0.15) is 6.04 Å². The average molecular weight is 270 g/mol. The number of carbonyl (C=O) groups excluding carboxylic acids is 1. The summed E-state index contributed by atoms with van der Waals surface area (Å²) in [7, 11) is 0. The van der Waals surface area contributed by atoms with E-state index in [-0.39, 0.29) is 12.0 Å². The molecular weight excluding hydrogens is 254 g/mol. The molecule has 0 N–H and O–H groups in total. The molecule has 1 aromatic heterocycles. The van der Waals surface area contributed by atoms with Gasteiger partial charge in [0.15, 0.2) is 11.0 Å². The third-order valence-electron chi connectivity index (χ3n) is 2.97. The van der Waals surface area contributed by atoms with Crippen LogP contribution in [0.1, 0.15) is 26.2 Å². The molecule has 1 aliphatic heterocycles. The monoisotopic (exact) mass is 269 g/mol. The lowest BCUT2D eigenvalue weighted by Crippen LogP contribution is -2.46. The van der Waals surface area contributed by atoms with Crippen LogP contribution in [0.3, 0.4) is 0 Å². The van der Waals surface area contributed by atoms with E-state index in [2.05, 4.69) is 10.2 Å². The molecule has 1 saturated heterocycles. The van der Waals surface area contributed by atoms with Gasteiger partial charge in [0.25, 0.3) is 0 Å². The number of carbonyl (C=O) groups is 1. The van der Waals surface area contributed by atoms with Gasteiger partial charge in [0.05, 0.1) is 6.61 Å². The zero-order valence-electron chi connectivity index (χ0n) is 10.3. The van der Waals surface area contributed by atoms with Gasteiger partial charge in [0, 0.05) is 6.54 Å². The van der Waals surface area contributed by atoms with Crippen molar-refractivity contribution in [3.8, 4) is 0 Å². The summed E-state index contributed by atoms with van der Waals surface area (Å²) in [5.41, 5.74) is 0. The molecule has 1 aliphatic rings. The molecule has 0 radical (unpaired) electrons. The third-order valence-corrected chi connectivity index (χ3v) is 3.18. The molecule has 2 rings (SSSR count). The van der Waals surface area contributed by atoms with Crippen molar-refractivity contribution in [3.63, 3.8) is 0 Å². The number of hydrogen-bond donors (Lipinski definition) is 0. The summed E-state index contributed by atoms with van der Waals surface area (Å²) in [4.78, 5) is 13.9. The SMILES string of the molecule is CCOC(=O)C1CCCCN1c1ccc(Cl)nn1. The van der Waals surface area contributed by atoms with E-state index >= 15 is 0 Å². The van der Waals surface area contributed by atoms with E-state index in [1.54, 1.807) is 12.1 Å². The fourth-order valence-electron chi connectivity index (χ4n) is 2.15. The van der Waals surface area contributed by atoms with Crippen LogP contribution < -0.4 is 4.90 Å². The van der Waals surface area contributed by atoms with Gasteiger partial charge >= 0.3 is 5.97 Å². The average Bonchev–Trinajstić information content (AvgIpc) is 2.40. The Balaban J connectivity index is 2.17. The topological polar surface area (TPSA) is 55.3 Å². The molecule has 98 valence electrons. The van der Waals surface area contributed by atoms with Gasteiger partial charge < -0.3 is 9.64 Å². The number of piperidine rings is 1. The Morgan fingerprint density at radius 2 is 2.33 bits per heavy atom. The number of rotatable bonds is 3. The number of esters is 1. The maximum atomic E-state index is 11.9. The number of anilines is 1. The van der Waals surface area contributed by atoms with Gasteiger partial charge in [-0.25, -0.2) is 4.79 Å². The fourth-order valence-corrected chi connectivity index (χ4v) is 2.25. The summed E-state index contributed by atoms with van der Waals surface area (Å²) in [5, 5.41) is 8.20. The molecule has 0 aromatic carbocycles. The standard InChI is InChI=1S/C12H16ClN3O2/c1-2-18-12(17)9-5-3-4-8-16(9)11-7-6-10(13)14-15-11/h6-7,9H,2-5,8H2,1H3. The molecule has 0 bridgehead atoms. The van der Waals surface area contributed by atoms with E-state index in [0.29, 0.717) is 17.6 Å². The van der Waals surface area contributed by atoms with Gasteiger partial charge in [-0.2, -0.15) is 0 Å². The first-order valence-corrected chi connectivity index (χ1v) is 6.52. The zero-order chi connectivity index (χ0) is 13.0. The van der Waals surface area contributed by atoms with Crippen LogP contribution in [0.4, 0.5) is 5.82 Å². The van der Waals surface area contributed by atoms with Crippen LogP contribution in [0.2, 0.25) is 5.15 Å². The molecule has 1 aromatic rings. The van der Waals surface area contributed by atoms with Crippen molar-refractivity contribution in [2.75, 3.05) is 18.1 Å². The Labute approximate surface area is 111 Å². The highest BCUT2D eigenvalue weighted by molar-refractivity contribution is 6.29. The van der Waals surface area contributed by atoms with Crippen molar-refractivity contribution in [2.24, 2.45) is 0 Å². The van der Waals surface area contributed by atoms with Crippen molar-refractivity contribution in [1.29, 1.82) is 0 Å². The lowest BCUT2D eigenvalue weighted by atomic mass is 10.0. The van der Waals surface area contributed by atoms with Crippen LogP contribution in [0.15, 0.2) is 12.1 Å². The molecule has 0 spiro atoms. The lowest BCUT2D eigenvalue weighted by molar-refractivity contribution is -0.145. The van der Waals surface area contributed by atoms with Crippen molar-refractivity contribution < 1.29 is 9.53 Å². The number of ether oxygens (including phenoxy) is 1. The van der Waals surface area contributed by atoms with Gasteiger partial charge in [-0.15, -0.1) is 10.2 Å². The van der Waals surface area contributed by atoms with Crippen LogP contribution in [-0.2, 0) is 9.53 Å². The normalized spacial score (nSPS) is 19.7. The van der Waals surface area contributed by atoms with Gasteiger partial charge in [-0.1, -0.05) is 11.6 Å². The third kappa shape index (κ3) is 2.90. The molecule has 0 aliphatic carbocycles. The summed E-state index contributed by atoms with van der Waals surface area (Å²) in [6.07, 6.45) is 2.87. The summed E-state index contributed by atoms with van der Waals surface area (Å²) in [6, 6.07) is 3.21. The summed E-state index contributed by atoms with van der Waals surface area (Å²) < 4.78 is 5.10. The predicted octanol–water partition coefficient (Wildman–Crippen LogP) is 2.05. The van der Waals surface area contributed by atoms with E-state index in [9.17, 15) is 4.79 Å². The molecule has 6 heteroatoms. The highest BCUT2D eigenvalue weighted by atomic mass is 35.5. The van der Waals surface area contributed by atoms with Crippen LogP contribution in [-0.4, -0.2) is 35.4 Å². The predicted molar refractivity (Wildman–Crippen MR) is 68.7 cm³/mol. The van der Waals surface area contributed by atoms with Crippen LogP contribution in [0.25, 0.3) is 0 Å². The van der Waals surface area contributed by atoms with Crippen molar-refractivity contribution in [3.05, 3.63) is 17.3 Å². The second kappa shape index (κ2) is 6.00. The largest absolute Gasteiger partial charge is 0.464 e. The Bertz CT molecular complexity index is 410. The lowest BCUT2D eigenvalue weighted by Gasteiger charge is -2.34. The van der Waals surface area contributed by atoms with E-state index < -0.39 is 0 Å².